The van der Waals surface area contributed by atoms with Crippen LogP contribution >= 0.6 is 0 Å². The number of ether oxygens (including phenoxy) is 1. The zero-order chi connectivity index (χ0) is 12.5. The van der Waals surface area contributed by atoms with Crippen LogP contribution < -0.4 is 5.73 Å². The zero-order valence-electron chi connectivity index (χ0n) is 11.5. The van der Waals surface area contributed by atoms with Crippen LogP contribution in [0.5, 0.6) is 0 Å². The van der Waals surface area contributed by atoms with Crippen LogP contribution in [0, 0.1) is 0 Å². The highest BCUT2D eigenvalue weighted by atomic mass is 16.5. The third-order valence-corrected chi connectivity index (χ3v) is 3.57. The molecule has 1 atom stereocenters. The van der Waals surface area contributed by atoms with Gasteiger partial charge in [0.1, 0.15) is 0 Å². The lowest BCUT2D eigenvalue weighted by Crippen LogP contribution is -2.51. The largest absolute Gasteiger partial charge is 0.380 e. The molecule has 1 aliphatic rings. The second-order valence-electron chi connectivity index (χ2n) is 4.93. The molecular weight excluding hydrogens is 214 g/mol. The Bertz CT molecular complexity index is 182. The number of hydrogen-bond donors (Lipinski definition) is 1. The van der Waals surface area contributed by atoms with Gasteiger partial charge in [0.05, 0.1) is 6.61 Å². The van der Waals surface area contributed by atoms with E-state index in [1.54, 1.807) is 0 Å². The maximum Gasteiger partial charge on any atom is 0.0593 e. The number of hydrogen-bond acceptors (Lipinski definition) is 4. The molecule has 0 radical (unpaired) electrons. The summed E-state index contributed by atoms with van der Waals surface area (Å²) in [6, 6.07) is 0.526. The van der Waals surface area contributed by atoms with Crippen LogP contribution in [-0.4, -0.2) is 68.3 Å². The van der Waals surface area contributed by atoms with Crippen molar-refractivity contribution in [3.63, 3.8) is 0 Å². The maximum atomic E-state index is 5.69. The van der Waals surface area contributed by atoms with Gasteiger partial charge in [-0.2, -0.15) is 0 Å². The van der Waals surface area contributed by atoms with Crippen molar-refractivity contribution in [2.45, 2.75) is 32.7 Å². The van der Waals surface area contributed by atoms with Gasteiger partial charge in [0, 0.05) is 51.9 Å². The van der Waals surface area contributed by atoms with E-state index in [4.69, 9.17) is 10.5 Å². The standard InChI is InChI=1S/C13H29N3O/c1-3-4-10-17-11-9-15-5-7-16(8-6-15)13(2)12-14/h13H,3-12,14H2,1-2H3. The van der Waals surface area contributed by atoms with Gasteiger partial charge in [0.2, 0.25) is 0 Å². The zero-order valence-corrected chi connectivity index (χ0v) is 11.5. The molecule has 4 nitrogen and oxygen atoms in total. The maximum absolute atomic E-state index is 5.69. The first-order valence-electron chi connectivity index (χ1n) is 7.02. The Hall–Kier alpha value is -0.160. The number of nitrogens with two attached hydrogens (primary N) is 1. The Morgan fingerprint density at radius 1 is 1.18 bits per heavy atom. The summed E-state index contributed by atoms with van der Waals surface area (Å²) in [5.74, 6) is 0. The number of unbranched alkanes of at least 4 members (excludes halogenated alkanes) is 1. The minimum absolute atomic E-state index is 0.526. The topological polar surface area (TPSA) is 41.7 Å². The number of piperazine rings is 1. The molecule has 2 N–H and O–H groups in total. The SMILES string of the molecule is CCCCOCCN1CCN(C(C)CN)CC1. The lowest BCUT2D eigenvalue weighted by molar-refractivity contribution is 0.0642. The van der Waals surface area contributed by atoms with Crippen LogP contribution in [0.25, 0.3) is 0 Å². The second-order valence-corrected chi connectivity index (χ2v) is 4.93. The molecule has 0 bridgehead atoms. The van der Waals surface area contributed by atoms with Crippen molar-refractivity contribution >= 4 is 0 Å². The van der Waals surface area contributed by atoms with Crippen molar-refractivity contribution in [3.05, 3.63) is 0 Å². The van der Waals surface area contributed by atoms with Crippen LogP contribution in [0.2, 0.25) is 0 Å². The highest BCUT2D eigenvalue weighted by Gasteiger charge is 2.19. The van der Waals surface area contributed by atoms with E-state index in [9.17, 15) is 0 Å². The monoisotopic (exact) mass is 243 g/mol. The molecule has 0 aliphatic carbocycles. The molecule has 1 aliphatic heterocycles. The fourth-order valence-electron chi connectivity index (χ4n) is 2.12. The Morgan fingerprint density at radius 3 is 2.47 bits per heavy atom. The lowest BCUT2D eigenvalue weighted by Gasteiger charge is -2.37. The van der Waals surface area contributed by atoms with Gasteiger partial charge in [0.15, 0.2) is 0 Å². The minimum Gasteiger partial charge on any atom is -0.380 e. The number of nitrogens with zero attached hydrogens (tertiary/aromatic N) is 2. The molecule has 1 saturated heterocycles. The van der Waals surface area contributed by atoms with Crippen molar-refractivity contribution in [2.75, 3.05) is 52.5 Å². The first-order valence-corrected chi connectivity index (χ1v) is 7.02. The molecule has 0 aromatic rings. The van der Waals surface area contributed by atoms with Gasteiger partial charge >= 0.3 is 0 Å². The molecule has 102 valence electrons. The van der Waals surface area contributed by atoms with E-state index < -0.39 is 0 Å². The summed E-state index contributed by atoms with van der Waals surface area (Å²) in [5, 5.41) is 0. The molecule has 1 unspecified atom stereocenters. The summed E-state index contributed by atoms with van der Waals surface area (Å²) in [4.78, 5) is 4.97. The quantitative estimate of drug-likeness (QED) is 0.639. The summed E-state index contributed by atoms with van der Waals surface area (Å²) in [7, 11) is 0. The van der Waals surface area contributed by atoms with E-state index in [2.05, 4.69) is 23.6 Å². The van der Waals surface area contributed by atoms with Gasteiger partial charge in [-0.25, -0.2) is 0 Å². The lowest BCUT2D eigenvalue weighted by atomic mass is 10.2. The van der Waals surface area contributed by atoms with Crippen LogP contribution in [0.15, 0.2) is 0 Å². The van der Waals surface area contributed by atoms with Gasteiger partial charge in [-0.1, -0.05) is 13.3 Å². The Balaban J connectivity index is 2.03. The van der Waals surface area contributed by atoms with Crippen LogP contribution in [0.4, 0.5) is 0 Å². The van der Waals surface area contributed by atoms with Gasteiger partial charge in [0.25, 0.3) is 0 Å². The van der Waals surface area contributed by atoms with Crippen molar-refractivity contribution in [2.24, 2.45) is 5.73 Å². The van der Waals surface area contributed by atoms with Gasteiger partial charge in [-0.05, 0) is 13.3 Å². The Morgan fingerprint density at radius 2 is 1.88 bits per heavy atom. The third-order valence-electron chi connectivity index (χ3n) is 3.57. The van der Waals surface area contributed by atoms with E-state index in [0.29, 0.717) is 6.04 Å². The van der Waals surface area contributed by atoms with Crippen LogP contribution in [-0.2, 0) is 4.74 Å². The first-order chi connectivity index (χ1) is 8.27. The molecular formula is C13H29N3O. The fourth-order valence-corrected chi connectivity index (χ4v) is 2.12. The highest BCUT2D eigenvalue weighted by molar-refractivity contribution is 4.76. The minimum atomic E-state index is 0.526. The van der Waals surface area contributed by atoms with Crippen molar-refractivity contribution in [3.8, 4) is 0 Å². The molecule has 0 spiro atoms. The summed E-state index contributed by atoms with van der Waals surface area (Å²) < 4.78 is 5.60. The van der Waals surface area contributed by atoms with Crippen LogP contribution in [0.3, 0.4) is 0 Å². The Kier molecular flexibility index (Phi) is 7.77. The van der Waals surface area contributed by atoms with Crippen molar-refractivity contribution < 1.29 is 4.74 Å². The fraction of sp³-hybridized carbons (Fsp3) is 1.00. The predicted molar refractivity (Wildman–Crippen MR) is 72.3 cm³/mol. The van der Waals surface area contributed by atoms with Crippen molar-refractivity contribution in [1.82, 2.24) is 9.80 Å². The molecule has 0 aromatic carbocycles. The summed E-state index contributed by atoms with van der Waals surface area (Å²) in [5.41, 5.74) is 5.69. The van der Waals surface area contributed by atoms with Crippen molar-refractivity contribution in [1.29, 1.82) is 0 Å². The molecule has 0 saturated carbocycles. The molecule has 17 heavy (non-hydrogen) atoms. The third kappa shape index (κ3) is 5.82. The number of rotatable bonds is 8. The van der Waals surface area contributed by atoms with E-state index in [1.165, 1.54) is 12.8 Å². The molecule has 0 aromatic heterocycles. The highest BCUT2D eigenvalue weighted by Crippen LogP contribution is 2.05. The Labute approximate surface area is 106 Å². The van der Waals surface area contributed by atoms with E-state index in [-0.39, 0.29) is 0 Å². The molecule has 1 fully saturated rings. The second kappa shape index (κ2) is 8.86. The molecule has 1 heterocycles. The van der Waals surface area contributed by atoms with Gasteiger partial charge in [-0.15, -0.1) is 0 Å². The van der Waals surface area contributed by atoms with Gasteiger partial charge in [-0.3, -0.25) is 9.80 Å². The van der Waals surface area contributed by atoms with E-state index in [1.807, 2.05) is 0 Å². The molecule has 1 rings (SSSR count). The molecule has 0 amide bonds. The molecule has 4 heteroatoms. The normalized spacial score (nSPS) is 20.6. The summed E-state index contributed by atoms with van der Waals surface area (Å²) in [6.45, 7) is 12.6. The summed E-state index contributed by atoms with van der Waals surface area (Å²) in [6.07, 6.45) is 2.40. The smallest absolute Gasteiger partial charge is 0.0593 e. The van der Waals surface area contributed by atoms with E-state index >= 15 is 0 Å². The van der Waals surface area contributed by atoms with Crippen LogP contribution in [0.1, 0.15) is 26.7 Å². The average Bonchev–Trinajstić information content (AvgIpc) is 2.38. The van der Waals surface area contributed by atoms with Gasteiger partial charge < -0.3 is 10.5 Å². The van der Waals surface area contributed by atoms with E-state index in [0.717, 1.165) is 52.5 Å². The average molecular weight is 243 g/mol. The predicted octanol–water partition coefficient (Wildman–Crippen LogP) is 0.768. The first kappa shape index (κ1) is 14.9. The summed E-state index contributed by atoms with van der Waals surface area (Å²) >= 11 is 0.